The Balaban J connectivity index is 1.81. The van der Waals surface area contributed by atoms with Gasteiger partial charge in [-0.1, -0.05) is 6.07 Å². The number of hydrogen-bond donors (Lipinski definition) is 2. The maximum atomic E-state index is 12.2. The summed E-state index contributed by atoms with van der Waals surface area (Å²) in [5.41, 5.74) is -0.129. The van der Waals surface area contributed by atoms with E-state index in [4.69, 9.17) is 4.74 Å². The van der Waals surface area contributed by atoms with Crippen molar-refractivity contribution < 1.29 is 22.7 Å². The molecule has 1 aromatic carbocycles. The van der Waals surface area contributed by atoms with E-state index in [2.05, 4.69) is 10.6 Å². The number of carbonyl (C=O) groups is 2. The lowest BCUT2D eigenvalue weighted by atomic mass is 10.0. The van der Waals surface area contributed by atoms with Gasteiger partial charge in [0.15, 0.2) is 9.84 Å². The molecular weight excluding hydrogens is 358 g/mol. The van der Waals surface area contributed by atoms with Gasteiger partial charge in [0.2, 0.25) is 11.8 Å². The molecule has 0 saturated carbocycles. The molecule has 0 spiro atoms. The first-order valence-corrected chi connectivity index (χ1v) is 10.1. The van der Waals surface area contributed by atoms with Crippen molar-refractivity contribution in [3.05, 3.63) is 24.3 Å². The highest BCUT2D eigenvalue weighted by atomic mass is 32.2. The molecule has 1 aromatic rings. The van der Waals surface area contributed by atoms with Crippen LogP contribution in [0.25, 0.3) is 0 Å². The van der Waals surface area contributed by atoms with Gasteiger partial charge in [0.1, 0.15) is 5.75 Å². The van der Waals surface area contributed by atoms with E-state index in [9.17, 15) is 18.0 Å². The Morgan fingerprint density at radius 2 is 1.96 bits per heavy atom. The minimum absolute atomic E-state index is 0.00116. The van der Waals surface area contributed by atoms with E-state index >= 15 is 0 Å². The van der Waals surface area contributed by atoms with Crippen molar-refractivity contribution in [2.45, 2.75) is 18.9 Å². The van der Waals surface area contributed by atoms with Gasteiger partial charge in [-0.2, -0.15) is 0 Å². The minimum Gasteiger partial charge on any atom is -0.497 e. The average molecular weight is 383 g/mol. The lowest BCUT2D eigenvalue weighted by Crippen LogP contribution is -2.50. The van der Waals surface area contributed by atoms with E-state index in [0.29, 0.717) is 17.9 Å². The lowest BCUT2D eigenvalue weighted by Gasteiger charge is -2.25. The second-order valence-electron chi connectivity index (χ2n) is 6.90. The van der Waals surface area contributed by atoms with E-state index in [1.54, 1.807) is 50.2 Å². The maximum Gasteiger partial charge on any atom is 0.238 e. The van der Waals surface area contributed by atoms with Crippen molar-refractivity contribution in [2.75, 3.05) is 44.1 Å². The first-order valence-electron chi connectivity index (χ1n) is 8.25. The fraction of sp³-hybridized carbons (Fsp3) is 0.529. The third kappa shape index (κ3) is 5.99. The highest BCUT2D eigenvalue weighted by Gasteiger charge is 2.39. The molecule has 1 saturated heterocycles. The summed E-state index contributed by atoms with van der Waals surface area (Å²) in [5.74, 6) is 0.105. The summed E-state index contributed by atoms with van der Waals surface area (Å²) < 4.78 is 28.3. The van der Waals surface area contributed by atoms with Crippen LogP contribution in [0, 0.1) is 0 Å². The number of ether oxygens (including phenoxy) is 1. The number of carbonyl (C=O) groups excluding carboxylic acids is 2. The van der Waals surface area contributed by atoms with Crippen LogP contribution in [-0.2, 0) is 19.4 Å². The monoisotopic (exact) mass is 383 g/mol. The largest absolute Gasteiger partial charge is 0.497 e. The highest BCUT2D eigenvalue weighted by Crippen LogP contribution is 2.22. The zero-order valence-corrected chi connectivity index (χ0v) is 16.1. The van der Waals surface area contributed by atoms with E-state index in [-0.39, 0.29) is 36.4 Å². The van der Waals surface area contributed by atoms with E-state index < -0.39 is 15.4 Å². The molecule has 0 aliphatic carbocycles. The van der Waals surface area contributed by atoms with E-state index in [0.717, 1.165) is 0 Å². The van der Waals surface area contributed by atoms with Crippen LogP contribution in [0.5, 0.6) is 5.75 Å². The number of sulfone groups is 1. The van der Waals surface area contributed by atoms with Gasteiger partial charge in [-0.3, -0.25) is 14.5 Å². The minimum atomic E-state index is -3.09. The molecule has 0 unspecified atom stereocenters. The van der Waals surface area contributed by atoms with Crippen LogP contribution in [-0.4, -0.2) is 69.4 Å². The molecule has 2 amide bonds. The number of likely N-dealkylation sites (N-methyl/N-ethyl adjacent to an activating group) is 1. The third-order valence-electron chi connectivity index (χ3n) is 4.13. The van der Waals surface area contributed by atoms with Crippen LogP contribution in [0.3, 0.4) is 0 Å². The predicted molar refractivity (Wildman–Crippen MR) is 98.9 cm³/mol. The molecule has 9 heteroatoms. The molecule has 1 aliphatic rings. The Hall–Kier alpha value is -2.13. The summed E-state index contributed by atoms with van der Waals surface area (Å²) in [5, 5.41) is 5.51. The molecule has 1 fully saturated rings. The number of amides is 2. The van der Waals surface area contributed by atoms with Gasteiger partial charge in [0, 0.05) is 11.8 Å². The van der Waals surface area contributed by atoms with Crippen molar-refractivity contribution in [1.82, 2.24) is 10.2 Å². The van der Waals surface area contributed by atoms with Crippen LogP contribution < -0.4 is 15.4 Å². The molecule has 1 heterocycles. The SMILES string of the molecule is COc1cccc(NC(=O)CN(C)CC(=O)N[C@@]2(C)CCS(=O)(=O)C2)c1. The zero-order chi connectivity index (χ0) is 19.4. The molecule has 1 atom stereocenters. The highest BCUT2D eigenvalue weighted by molar-refractivity contribution is 7.91. The van der Waals surface area contributed by atoms with Gasteiger partial charge in [-0.15, -0.1) is 0 Å². The summed E-state index contributed by atoms with van der Waals surface area (Å²) in [7, 11) is 0.106. The van der Waals surface area contributed by atoms with E-state index in [1.165, 1.54) is 0 Å². The molecule has 0 aromatic heterocycles. The fourth-order valence-corrected chi connectivity index (χ4v) is 5.03. The van der Waals surface area contributed by atoms with Crippen LogP contribution in [0.4, 0.5) is 5.69 Å². The Labute approximate surface area is 153 Å². The van der Waals surface area contributed by atoms with Crippen molar-refractivity contribution in [2.24, 2.45) is 0 Å². The van der Waals surface area contributed by atoms with Crippen LogP contribution in [0.1, 0.15) is 13.3 Å². The quantitative estimate of drug-likeness (QED) is 0.700. The summed E-state index contributed by atoms with van der Waals surface area (Å²) in [6.45, 7) is 1.76. The molecule has 2 N–H and O–H groups in total. The summed E-state index contributed by atoms with van der Waals surface area (Å²) in [4.78, 5) is 25.8. The Morgan fingerprint density at radius 1 is 1.27 bits per heavy atom. The van der Waals surface area contributed by atoms with Gasteiger partial charge in [0.25, 0.3) is 0 Å². The van der Waals surface area contributed by atoms with Crippen molar-refractivity contribution in [3.63, 3.8) is 0 Å². The van der Waals surface area contributed by atoms with Crippen LogP contribution in [0.15, 0.2) is 24.3 Å². The van der Waals surface area contributed by atoms with Gasteiger partial charge in [-0.25, -0.2) is 8.42 Å². The van der Waals surface area contributed by atoms with Crippen molar-refractivity contribution in [3.8, 4) is 5.75 Å². The summed E-state index contributed by atoms with van der Waals surface area (Å²) in [6, 6.07) is 6.98. The summed E-state index contributed by atoms with van der Waals surface area (Å²) in [6.07, 6.45) is 0.404. The van der Waals surface area contributed by atoms with Gasteiger partial charge >= 0.3 is 0 Å². The number of methoxy groups -OCH3 is 1. The first-order chi connectivity index (χ1) is 12.1. The molecule has 26 heavy (non-hydrogen) atoms. The molecule has 0 radical (unpaired) electrons. The standard InChI is InChI=1S/C17H25N3O5S/c1-17(7-8-26(23,24)12-17)19-16(22)11-20(2)10-15(21)18-13-5-4-6-14(9-13)25-3/h4-6,9H,7-8,10-12H2,1-3H3,(H,18,21)(H,19,22)/t17-/m0/s1. The molecular formula is C17H25N3O5S. The molecule has 2 rings (SSSR count). The first kappa shape index (κ1) is 20.2. The Morgan fingerprint density at radius 3 is 2.58 bits per heavy atom. The fourth-order valence-electron chi connectivity index (χ4n) is 2.93. The second kappa shape index (κ2) is 8.05. The number of nitrogens with zero attached hydrogens (tertiary/aromatic N) is 1. The average Bonchev–Trinajstić information content (AvgIpc) is 2.79. The number of nitrogens with one attached hydrogen (secondary N) is 2. The second-order valence-corrected chi connectivity index (χ2v) is 9.09. The molecule has 8 nitrogen and oxygen atoms in total. The van der Waals surface area contributed by atoms with Crippen molar-refractivity contribution >= 4 is 27.3 Å². The Kier molecular flexibility index (Phi) is 6.25. The number of hydrogen-bond acceptors (Lipinski definition) is 6. The topological polar surface area (TPSA) is 105 Å². The lowest BCUT2D eigenvalue weighted by molar-refractivity contribution is -0.124. The molecule has 1 aliphatic heterocycles. The van der Waals surface area contributed by atoms with Gasteiger partial charge in [0.05, 0.1) is 37.2 Å². The normalized spacial score (nSPS) is 21.4. The summed E-state index contributed by atoms with van der Waals surface area (Å²) >= 11 is 0. The van der Waals surface area contributed by atoms with Crippen LogP contribution in [0.2, 0.25) is 0 Å². The van der Waals surface area contributed by atoms with Crippen molar-refractivity contribution in [1.29, 1.82) is 0 Å². The third-order valence-corrected chi connectivity index (χ3v) is 6.03. The number of anilines is 1. The van der Waals surface area contributed by atoms with Crippen LogP contribution >= 0.6 is 0 Å². The van der Waals surface area contributed by atoms with Gasteiger partial charge < -0.3 is 15.4 Å². The van der Waals surface area contributed by atoms with Gasteiger partial charge in [-0.05, 0) is 32.5 Å². The predicted octanol–water partition coefficient (Wildman–Crippen LogP) is 0.259. The smallest absolute Gasteiger partial charge is 0.238 e. The number of rotatable bonds is 7. The molecule has 144 valence electrons. The van der Waals surface area contributed by atoms with E-state index in [1.807, 2.05) is 0 Å². The Bertz CT molecular complexity index is 780. The number of benzene rings is 1. The zero-order valence-electron chi connectivity index (χ0n) is 15.2. The molecule has 0 bridgehead atoms. The maximum absolute atomic E-state index is 12.2.